The fourth-order valence-electron chi connectivity index (χ4n) is 5.56. The molecule has 2 aromatic rings. The summed E-state index contributed by atoms with van der Waals surface area (Å²) >= 11 is 12.6. The summed E-state index contributed by atoms with van der Waals surface area (Å²) in [5.74, 6) is -0.173. The zero-order valence-electron chi connectivity index (χ0n) is 18.5. The Balaban J connectivity index is 1.81. The van der Waals surface area contributed by atoms with Crippen LogP contribution in [0.3, 0.4) is 0 Å². The van der Waals surface area contributed by atoms with Crippen molar-refractivity contribution >= 4 is 40.9 Å². The molecule has 1 amide bonds. The van der Waals surface area contributed by atoms with E-state index in [4.69, 9.17) is 40.4 Å². The summed E-state index contributed by atoms with van der Waals surface area (Å²) in [5, 5.41) is 0.611. The molecule has 2 bridgehead atoms. The molecule has 1 aliphatic heterocycles. The second kappa shape index (κ2) is 8.36. The monoisotopic (exact) mass is 476 g/mol. The number of nitrogens with two attached hydrogens (primary N) is 3. The van der Waals surface area contributed by atoms with Gasteiger partial charge in [-0.1, -0.05) is 68.4 Å². The Morgan fingerprint density at radius 2 is 1.72 bits per heavy atom. The average Bonchev–Trinajstić information content (AvgIpc) is 2.73. The molecule has 1 aromatic heterocycles. The average molecular weight is 477 g/mol. The second-order valence-electron chi connectivity index (χ2n) is 9.80. The van der Waals surface area contributed by atoms with Crippen molar-refractivity contribution in [1.82, 2.24) is 9.97 Å². The minimum atomic E-state index is -0.702. The molecule has 4 rings (SSSR count). The van der Waals surface area contributed by atoms with E-state index >= 15 is 0 Å². The number of rotatable bonds is 3. The van der Waals surface area contributed by atoms with Crippen molar-refractivity contribution in [3.63, 3.8) is 0 Å². The van der Waals surface area contributed by atoms with E-state index in [1.807, 2.05) is 0 Å². The first kappa shape index (κ1) is 23.1. The van der Waals surface area contributed by atoms with Gasteiger partial charge in [0.25, 0.3) is 5.91 Å². The van der Waals surface area contributed by atoms with Gasteiger partial charge in [0.1, 0.15) is 11.5 Å². The van der Waals surface area contributed by atoms with Crippen LogP contribution in [0.4, 0.5) is 11.8 Å². The third kappa shape index (κ3) is 3.91. The lowest BCUT2D eigenvalue weighted by atomic mass is 9.60. The number of nitrogen functional groups attached to an aromatic ring is 1. The number of anilines is 2. The third-order valence-electron chi connectivity index (χ3n) is 7.26. The standard InChI is InChI=1S/C23H30Cl2N6O/c1-22-9-4-3-5-10-23(2,20(22)28)12-31(11-22)21-29-17(19(27)32)15(18(26)30-21)13-7-6-8-14(24)16(13)25/h6-8,20H,3-5,9-12,28H2,1-2H3,(H2,27,32)(H2,26,29,30). The molecule has 0 radical (unpaired) electrons. The van der Waals surface area contributed by atoms with Crippen molar-refractivity contribution in [2.75, 3.05) is 23.7 Å². The Morgan fingerprint density at radius 1 is 1.09 bits per heavy atom. The summed E-state index contributed by atoms with van der Waals surface area (Å²) in [4.78, 5) is 23.7. The number of hydrogen-bond acceptors (Lipinski definition) is 6. The summed E-state index contributed by atoms with van der Waals surface area (Å²) in [6, 6.07) is 5.17. The zero-order valence-corrected chi connectivity index (χ0v) is 20.0. The van der Waals surface area contributed by atoms with Gasteiger partial charge in [-0.2, -0.15) is 4.98 Å². The van der Waals surface area contributed by atoms with Crippen molar-refractivity contribution in [3.05, 3.63) is 33.9 Å². The van der Waals surface area contributed by atoms with Crippen LogP contribution in [0.15, 0.2) is 18.2 Å². The van der Waals surface area contributed by atoms with Gasteiger partial charge in [-0.3, -0.25) is 4.79 Å². The number of piperidine rings is 1. The number of amides is 1. The van der Waals surface area contributed by atoms with Gasteiger partial charge in [0.05, 0.1) is 15.6 Å². The molecule has 2 unspecified atom stereocenters. The van der Waals surface area contributed by atoms with Crippen LogP contribution >= 0.6 is 23.2 Å². The quantitative estimate of drug-likeness (QED) is 0.607. The highest BCUT2D eigenvalue weighted by molar-refractivity contribution is 6.44. The van der Waals surface area contributed by atoms with Crippen molar-refractivity contribution in [2.24, 2.45) is 22.3 Å². The summed E-state index contributed by atoms with van der Waals surface area (Å²) in [6.07, 6.45) is 5.59. The third-order valence-corrected chi connectivity index (χ3v) is 8.08. The number of primary amides is 1. The van der Waals surface area contributed by atoms with Gasteiger partial charge in [0, 0.05) is 35.5 Å². The maximum atomic E-state index is 12.4. The molecule has 6 N–H and O–H groups in total. The Hall–Kier alpha value is -2.09. The second-order valence-corrected chi connectivity index (χ2v) is 10.6. The van der Waals surface area contributed by atoms with Crippen LogP contribution in [0, 0.1) is 10.8 Å². The minimum Gasteiger partial charge on any atom is -0.383 e. The molecule has 2 heterocycles. The number of carbonyl (C=O) groups is 1. The van der Waals surface area contributed by atoms with Gasteiger partial charge in [0.2, 0.25) is 5.95 Å². The first-order valence-electron chi connectivity index (χ1n) is 11.0. The summed E-state index contributed by atoms with van der Waals surface area (Å²) in [5.41, 5.74) is 19.5. The zero-order chi connectivity index (χ0) is 23.3. The summed E-state index contributed by atoms with van der Waals surface area (Å²) in [6.45, 7) is 5.87. The smallest absolute Gasteiger partial charge is 0.268 e. The molecule has 2 fully saturated rings. The molecule has 9 heteroatoms. The molecule has 2 atom stereocenters. The van der Waals surface area contributed by atoms with Crippen LogP contribution in [0.5, 0.6) is 0 Å². The van der Waals surface area contributed by atoms with E-state index in [1.54, 1.807) is 18.2 Å². The molecule has 32 heavy (non-hydrogen) atoms. The van der Waals surface area contributed by atoms with E-state index in [0.29, 0.717) is 35.2 Å². The molecule has 1 saturated carbocycles. The predicted octanol–water partition coefficient (Wildman–Crippen LogP) is 4.26. The number of carbonyl (C=O) groups excluding carboxylic acids is 1. The number of halogens is 2. The van der Waals surface area contributed by atoms with Gasteiger partial charge in [-0.05, 0) is 18.9 Å². The predicted molar refractivity (Wildman–Crippen MR) is 130 cm³/mol. The molecular weight excluding hydrogens is 447 g/mol. The van der Waals surface area contributed by atoms with Crippen LogP contribution in [0.25, 0.3) is 11.1 Å². The number of aromatic nitrogens is 2. The Kier molecular flexibility index (Phi) is 6.03. The Labute approximate surface area is 198 Å². The highest BCUT2D eigenvalue weighted by Crippen LogP contribution is 2.48. The first-order valence-corrected chi connectivity index (χ1v) is 11.7. The summed E-state index contributed by atoms with van der Waals surface area (Å²) in [7, 11) is 0. The highest BCUT2D eigenvalue weighted by atomic mass is 35.5. The van der Waals surface area contributed by atoms with Crippen LogP contribution < -0.4 is 22.1 Å². The van der Waals surface area contributed by atoms with Gasteiger partial charge in [0.15, 0.2) is 0 Å². The van der Waals surface area contributed by atoms with Crippen molar-refractivity contribution in [2.45, 2.75) is 52.0 Å². The summed E-state index contributed by atoms with van der Waals surface area (Å²) < 4.78 is 0. The van der Waals surface area contributed by atoms with Gasteiger partial charge < -0.3 is 22.1 Å². The number of hydrogen-bond donors (Lipinski definition) is 3. The normalized spacial score (nSPS) is 28.2. The van der Waals surface area contributed by atoms with E-state index in [-0.39, 0.29) is 33.4 Å². The maximum Gasteiger partial charge on any atom is 0.268 e. The molecule has 1 aromatic carbocycles. The molecule has 0 spiro atoms. The maximum absolute atomic E-state index is 12.4. The van der Waals surface area contributed by atoms with E-state index in [0.717, 1.165) is 25.7 Å². The van der Waals surface area contributed by atoms with Crippen molar-refractivity contribution in [1.29, 1.82) is 0 Å². The molecule has 2 aliphatic rings. The lowest BCUT2D eigenvalue weighted by Gasteiger charge is -2.55. The number of fused-ring (bicyclic) bond motifs is 2. The minimum absolute atomic E-state index is 0.0297. The topological polar surface area (TPSA) is 124 Å². The Morgan fingerprint density at radius 3 is 2.31 bits per heavy atom. The molecule has 7 nitrogen and oxygen atoms in total. The lowest BCUT2D eigenvalue weighted by molar-refractivity contribution is 0.0544. The molecule has 1 aliphatic carbocycles. The lowest BCUT2D eigenvalue weighted by Crippen LogP contribution is -2.64. The van der Waals surface area contributed by atoms with Crippen LogP contribution in [0.1, 0.15) is 56.4 Å². The van der Waals surface area contributed by atoms with E-state index in [9.17, 15) is 4.79 Å². The fourth-order valence-corrected chi connectivity index (χ4v) is 5.95. The van der Waals surface area contributed by atoms with Crippen molar-refractivity contribution < 1.29 is 4.79 Å². The molecule has 172 valence electrons. The number of nitrogens with zero attached hydrogens (tertiary/aromatic N) is 3. The van der Waals surface area contributed by atoms with E-state index in [2.05, 4.69) is 28.7 Å². The van der Waals surface area contributed by atoms with Crippen molar-refractivity contribution in [3.8, 4) is 11.1 Å². The van der Waals surface area contributed by atoms with Crippen LogP contribution in [-0.2, 0) is 0 Å². The van der Waals surface area contributed by atoms with Crippen LogP contribution in [0.2, 0.25) is 10.0 Å². The molecule has 1 saturated heterocycles. The first-order chi connectivity index (χ1) is 15.1. The highest BCUT2D eigenvalue weighted by Gasteiger charge is 2.50. The fraction of sp³-hybridized carbons (Fsp3) is 0.522. The van der Waals surface area contributed by atoms with Crippen LogP contribution in [-0.4, -0.2) is 35.0 Å². The number of benzene rings is 1. The Bertz CT molecular complexity index is 1040. The SMILES string of the molecule is CC12CCCCCC(C)(CN(c3nc(N)c(-c4cccc(Cl)c4Cl)c(C(N)=O)n3)C1)C2N. The van der Waals surface area contributed by atoms with Gasteiger partial charge >= 0.3 is 0 Å². The molecular formula is C23H30Cl2N6O. The van der Waals surface area contributed by atoms with Gasteiger partial charge in [-0.25, -0.2) is 4.98 Å². The van der Waals surface area contributed by atoms with E-state index in [1.165, 1.54) is 6.42 Å². The van der Waals surface area contributed by atoms with E-state index < -0.39 is 5.91 Å². The van der Waals surface area contributed by atoms with Gasteiger partial charge in [-0.15, -0.1) is 0 Å². The largest absolute Gasteiger partial charge is 0.383 e.